The maximum atomic E-state index is 11.5. The van der Waals surface area contributed by atoms with Crippen LogP contribution in [0.15, 0.2) is 24.4 Å². The number of Topliss-reactive ketones (excluding diaryl/α,β-unsaturated/α-hetero) is 1. The SMILES string of the molecule is COc1cc2[nH]ccc2cc1C(=O)CN. The molecule has 0 saturated carbocycles. The molecule has 1 heterocycles. The highest BCUT2D eigenvalue weighted by Gasteiger charge is 2.12. The van der Waals surface area contributed by atoms with Crippen LogP contribution in [0.4, 0.5) is 0 Å². The lowest BCUT2D eigenvalue weighted by molar-refractivity contribution is 0.0998. The van der Waals surface area contributed by atoms with Crippen molar-refractivity contribution in [1.82, 2.24) is 4.98 Å². The number of H-pyrrole nitrogens is 1. The predicted octanol–water partition coefficient (Wildman–Crippen LogP) is 1.32. The quantitative estimate of drug-likeness (QED) is 0.741. The van der Waals surface area contributed by atoms with Crippen molar-refractivity contribution in [3.05, 3.63) is 30.0 Å². The van der Waals surface area contributed by atoms with Gasteiger partial charge in [-0.15, -0.1) is 0 Å². The highest BCUT2D eigenvalue weighted by Crippen LogP contribution is 2.25. The molecule has 2 rings (SSSR count). The zero-order valence-electron chi connectivity index (χ0n) is 8.41. The minimum atomic E-state index is -0.116. The van der Waals surface area contributed by atoms with Gasteiger partial charge in [0.05, 0.1) is 19.2 Å². The third-order valence-corrected chi connectivity index (χ3v) is 2.36. The Morgan fingerprint density at radius 3 is 3.00 bits per heavy atom. The molecule has 0 fully saturated rings. The summed E-state index contributed by atoms with van der Waals surface area (Å²) in [7, 11) is 1.54. The van der Waals surface area contributed by atoms with Crippen LogP contribution >= 0.6 is 0 Å². The summed E-state index contributed by atoms with van der Waals surface area (Å²) in [6.45, 7) is -0.00765. The van der Waals surface area contributed by atoms with E-state index in [-0.39, 0.29) is 12.3 Å². The molecule has 4 heteroatoms. The molecule has 1 aromatic heterocycles. The van der Waals surface area contributed by atoms with Crippen LogP contribution in [0.1, 0.15) is 10.4 Å². The van der Waals surface area contributed by atoms with Crippen LogP contribution < -0.4 is 10.5 Å². The van der Waals surface area contributed by atoms with E-state index < -0.39 is 0 Å². The van der Waals surface area contributed by atoms with Gasteiger partial charge in [0.2, 0.25) is 0 Å². The Balaban J connectivity index is 2.64. The minimum Gasteiger partial charge on any atom is -0.496 e. The first-order valence-electron chi connectivity index (χ1n) is 4.64. The monoisotopic (exact) mass is 204 g/mol. The smallest absolute Gasteiger partial charge is 0.180 e. The molecule has 0 amide bonds. The van der Waals surface area contributed by atoms with E-state index in [1.54, 1.807) is 12.1 Å². The second kappa shape index (κ2) is 3.74. The second-order valence-corrected chi connectivity index (χ2v) is 3.24. The summed E-state index contributed by atoms with van der Waals surface area (Å²) in [6, 6.07) is 5.50. The third kappa shape index (κ3) is 1.59. The van der Waals surface area contributed by atoms with E-state index in [0.29, 0.717) is 11.3 Å². The molecule has 4 nitrogen and oxygen atoms in total. The maximum Gasteiger partial charge on any atom is 0.180 e. The number of carbonyl (C=O) groups is 1. The number of fused-ring (bicyclic) bond motifs is 1. The molecule has 0 radical (unpaired) electrons. The van der Waals surface area contributed by atoms with E-state index in [9.17, 15) is 4.79 Å². The Labute approximate surface area is 87.0 Å². The van der Waals surface area contributed by atoms with E-state index in [1.165, 1.54) is 7.11 Å². The van der Waals surface area contributed by atoms with Crippen molar-refractivity contribution in [3.63, 3.8) is 0 Å². The number of aromatic amines is 1. The molecule has 2 aromatic rings. The fourth-order valence-corrected chi connectivity index (χ4v) is 1.58. The molecule has 15 heavy (non-hydrogen) atoms. The van der Waals surface area contributed by atoms with Gasteiger partial charge in [0.1, 0.15) is 5.75 Å². The van der Waals surface area contributed by atoms with Crippen LogP contribution in [0.5, 0.6) is 5.75 Å². The zero-order chi connectivity index (χ0) is 10.8. The van der Waals surface area contributed by atoms with Crippen LogP contribution in [0.3, 0.4) is 0 Å². The van der Waals surface area contributed by atoms with E-state index >= 15 is 0 Å². The van der Waals surface area contributed by atoms with Gasteiger partial charge in [-0.25, -0.2) is 0 Å². The number of nitrogens with two attached hydrogens (primary N) is 1. The average molecular weight is 204 g/mol. The Hall–Kier alpha value is -1.81. The molecule has 0 atom stereocenters. The highest BCUT2D eigenvalue weighted by molar-refractivity contribution is 6.03. The van der Waals surface area contributed by atoms with Crippen LogP contribution in [0.25, 0.3) is 10.9 Å². The molecular weight excluding hydrogens is 192 g/mol. The van der Waals surface area contributed by atoms with Crippen LogP contribution in [-0.2, 0) is 0 Å². The van der Waals surface area contributed by atoms with E-state index in [2.05, 4.69) is 4.98 Å². The van der Waals surface area contributed by atoms with Crippen molar-refractivity contribution in [2.24, 2.45) is 5.73 Å². The largest absolute Gasteiger partial charge is 0.496 e. The normalized spacial score (nSPS) is 10.5. The number of ketones is 1. The molecule has 0 aliphatic heterocycles. The number of hydrogen-bond donors (Lipinski definition) is 2. The van der Waals surface area contributed by atoms with Crippen molar-refractivity contribution in [1.29, 1.82) is 0 Å². The van der Waals surface area contributed by atoms with Crippen molar-refractivity contribution < 1.29 is 9.53 Å². The predicted molar refractivity (Wildman–Crippen MR) is 58.2 cm³/mol. The second-order valence-electron chi connectivity index (χ2n) is 3.24. The van der Waals surface area contributed by atoms with E-state index in [4.69, 9.17) is 10.5 Å². The van der Waals surface area contributed by atoms with Gasteiger partial charge < -0.3 is 15.5 Å². The molecule has 0 bridgehead atoms. The van der Waals surface area contributed by atoms with Gasteiger partial charge in [0, 0.05) is 23.2 Å². The van der Waals surface area contributed by atoms with Crippen molar-refractivity contribution in [3.8, 4) is 5.75 Å². The van der Waals surface area contributed by atoms with Gasteiger partial charge in [0.15, 0.2) is 5.78 Å². The standard InChI is InChI=1S/C11H12N2O2/c1-15-11-5-9-7(2-3-13-9)4-8(11)10(14)6-12/h2-5,13H,6,12H2,1H3. The fraction of sp³-hybridized carbons (Fsp3) is 0.182. The Morgan fingerprint density at radius 1 is 1.53 bits per heavy atom. The van der Waals surface area contributed by atoms with Crippen LogP contribution in [-0.4, -0.2) is 24.4 Å². The number of rotatable bonds is 3. The van der Waals surface area contributed by atoms with Crippen LogP contribution in [0, 0.1) is 0 Å². The summed E-state index contributed by atoms with van der Waals surface area (Å²) in [6.07, 6.45) is 1.82. The first-order valence-corrected chi connectivity index (χ1v) is 4.64. The van der Waals surface area contributed by atoms with E-state index in [0.717, 1.165) is 10.9 Å². The maximum absolute atomic E-state index is 11.5. The number of aromatic nitrogens is 1. The lowest BCUT2D eigenvalue weighted by atomic mass is 10.1. The molecule has 0 aliphatic rings. The summed E-state index contributed by atoms with van der Waals surface area (Å²) in [5.74, 6) is 0.440. The number of methoxy groups -OCH3 is 1. The van der Waals surface area contributed by atoms with Gasteiger partial charge in [-0.1, -0.05) is 0 Å². The molecule has 0 saturated heterocycles. The van der Waals surface area contributed by atoms with Crippen molar-refractivity contribution in [2.75, 3.05) is 13.7 Å². The highest BCUT2D eigenvalue weighted by atomic mass is 16.5. The summed E-state index contributed by atoms with van der Waals surface area (Å²) < 4.78 is 5.15. The summed E-state index contributed by atoms with van der Waals surface area (Å²) >= 11 is 0. The first kappa shape index (κ1) is 9.73. The summed E-state index contributed by atoms with van der Waals surface area (Å²) in [5, 5.41) is 0.979. The van der Waals surface area contributed by atoms with Gasteiger partial charge in [0.25, 0.3) is 0 Å². The Bertz CT molecular complexity index is 502. The molecule has 0 aliphatic carbocycles. The molecule has 78 valence electrons. The number of ether oxygens (including phenoxy) is 1. The summed E-state index contributed by atoms with van der Waals surface area (Å²) in [5.41, 5.74) is 6.81. The van der Waals surface area contributed by atoms with Gasteiger partial charge >= 0.3 is 0 Å². The molecule has 0 unspecified atom stereocenters. The van der Waals surface area contributed by atoms with Crippen LogP contribution in [0.2, 0.25) is 0 Å². The van der Waals surface area contributed by atoms with Gasteiger partial charge in [-0.3, -0.25) is 4.79 Å². The molecule has 1 aromatic carbocycles. The van der Waals surface area contributed by atoms with Gasteiger partial charge in [-0.2, -0.15) is 0 Å². The molecule has 3 N–H and O–H groups in total. The van der Waals surface area contributed by atoms with Gasteiger partial charge in [-0.05, 0) is 12.1 Å². The van der Waals surface area contributed by atoms with Crippen molar-refractivity contribution >= 4 is 16.7 Å². The lowest BCUT2D eigenvalue weighted by Crippen LogP contribution is -2.14. The fourth-order valence-electron chi connectivity index (χ4n) is 1.58. The zero-order valence-corrected chi connectivity index (χ0v) is 8.41. The molecular formula is C11H12N2O2. The Morgan fingerprint density at radius 2 is 2.33 bits per heavy atom. The number of carbonyl (C=O) groups excluding carboxylic acids is 1. The Kier molecular flexibility index (Phi) is 2.43. The number of hydrogen-bond acceptors (Lipinski definition) is 3. The topological polar surface area (TPSA) is 68.1 Å². The van der Waals surface area contributed by atoms with Crippen molar-refractivity contribution in [2.45, 2.75) is 0 Å². The van der Waals surface area contributed by atoms with E-state index in [1.807, 2.05) is 12.3 Å². The number of nitrogens with one attached hydrogen (secondary N) is 1. The summed E-state index contributed by atoms with van der Waals surface area (Å²) in [4.78, 5) is 14.6. The third-order valence-electron chi connectivity index (χ3n) is 2.36. The number of benzene rings is 1. The molecule has 0 spiro atoms. The first-order chi connectivity index (χ1) is 7.26. The minimum absolute atomic E-state index is 0.00765. The average Bonchev–Trinajstić information content (AvgIpc) is 2.73. The lowest BCUT2D eigenvalue weighted by Gasteiger charge is -2.06.